The van der Waals surface area contributed by atoms with E-state index in [0.29, 0.717) is 11.8 Å². The molecule has 0 bridgehead atoms. The molecule has 0 aliphatic carbocycles. The van der Waals surface area contributed by atoms with Crippen LogP contribution in [0, 0.1) is 6.92 Å². The van der Waals surface area contributed by atoms with E-state index in [-0.39, 0.29) is 0 Å². The van der Waals surface area contributed by atoms with Gasteiger partial charge in [-0.05, 0) is 36.8 Å². The Labute approximate surface area is 87.6 Å². The average molecular weight is 191 g/mol. The second-order valence-corrected chi connectivity index (χ2v) is 4.37. The van der Waals surface area contributed by atoms with Gasteiger partial charge in [-0.25, -0.2) is 0 Å². The number of rotatable bonds is 3. The average Bonchev–Trinajstić information content (AvgIpc) is 2.16. The molecule has 1 unspecified atom stereocenters. The van der Waals surface area contributed by atoms with E-state index in [0.717, 1.165) is 0 Å². The number of pyridine rings is 1. The monoisotopic (exact) mass is 191 g/mol. The molecule has 0 fully saturated rings. The largest absolute Gasteiger partial charge is 0.258 e. The molecule has 0 N–H and O–H groups in total. The van der Waals surface area contributed by atoms with Gasteiger partial charge in [0.2, 0.25) is 0 Å². The van der Waals surface area contributed by atoms with E-state index in [1.807, 2.05) is 0 Å². The zero-order valence-electron chi connectivity index (χ0n) is 9.96. The fraction of sp³-hybridized carbons (Fsp3) is 0.615. The third-order valence-electron chi connectivity index (χ3n) is 2.88. The van der Waals surface area contributed by atoms with Crippen molar-refractivity contribution in [1.82, 2.24) is 4.98 Å². The van der Waals surface area contributed by atoms with Crippen molar-refractivity contribution >= 4 is 0 Å². The molecule has 1 aromatic heterocycles. The van der Waals surface area contributed by atoms with Crippen LogP contribution in [0.1, 0.15) is 62.9 Å². The minimum absolute atomic E-state index is 0.527. The first-order valence-corrected chi connectivity index (χ1v) is 5.53. The van der Waals surface area contributed by atoms with E-state index in [1.165, 1.54) is 23.4 Å². The normalized spacial score (nSPS) is 13.3. The highest BCUT2D eigenvalue weighted by Gasteiger charge is 2.09. The van der Waals surface area contributed by atoms with Gasteiger partial charge < -0.3 is 0 Å². The molecule has 1 heterocycles. The van der Waals surface area contributed by atoms with Crippen LogP contribution in [0.2, 0.25) is 0 Å². The maximum absolute atomic E-state index is 4.64. The summed E-state index contributed by atoms with van der Waals surface area (Å²) in [5.41, 5.74) is 3.80. The first-order valence-electron chi connectivity index (χ1n) is 5.53. The molecule has 0 aromatic carbocycles. The Balaban J connectivity index is 3.01. The van der Waals surface area contributed by atoms with Crippen LogP contribution < -0.4 is 0 Å². The van der Waals surface area contributed by atoms with E-state index >= 15 is 0 Å². The zero-order valence-corrected chi connectivity index (χ0v) is 9.96. The van der Waals surface area contributed by atoms with E-state index in [9.17, 15) is 0 Å². The van der Waals surface area contributed by atoms with E-state index < -0.39 is 0 Å². The van der Waals surface area contributed by atoms with E-state index in [2.05, 4.69) is 51.7 Å². The van der Waals surface area contributed by atoms with Crippen molar-refractivity contribution in [2.45, 2.75) is 52.9 Å². The number of aromatic nitrogens is 1. The van der Waals surface area contributed by atoms with Gasteiger partial charge in [0.05, 0.1) is 0 Å². The molecule has 0 aliphatic rings. The first-order chi connectivity index (χ1) is 6.56. The highest BCUT2D eigenvalue weighted by molar-refractivity contribution is 5.26. The van der Waals surface area contributed by atoms with Crippen LogP contribution in [0.4, 0.5) is 0 Å². The van der Waals surface area contributed by atoms with Gasteiger partial charge in [-0.2, -0.15) is 0 Å². The number of nitrogens with zero attached hydrogens (tertiary/aromatic N) is 1. The summed E-state index contributed by atoms with van der Waals surface area (Å²) >= 11 is 0. The topological polar surface area (TPSA) is 12.9 Å². The number of hydrogen-bond donors (Lipinski definition) is 0. The Bertz CT molecular complexity index is 302. The fourth-order valence-corrected chi connectivity index (χ4v) is 1.65. The Kier molecular flexibility index (Phi) is 3.68. The molecule has 0 saturated heterocycles. The molecular formula is C13H21N. The smallest absolute Gasteiger partial charge is 0.0432 e. The molecule has 78 valence electrons. The summed E-state index contributed by atoms with van der Waals surface area (Å²) in [4.78, 5) is 4.64. The molecule has 0 amide bonds. The second-order valence-electron chi connectivity index (χ2n) is 4.37. The Morgan fingerprint density at radius 2 is 1.86 bits per heavy atom. The van der Waals surface area contributed by atoms with Gasteiger partial charge >= 0.3 is 0 Å². The van der Waals surface area contributed by atoms with Crippen LogP contribution in [0.15, 0.2) is 12.1 Å². The van der Waals surface area contributed by atoms with Crippen LogP contribution >= 0.6 is 0 Å². The number of hydrogen-bond acceptors (Lipinski definition) is 1. The minimum atomic E-state index is 0.527. The van der Waals surface area contributed by atoms with E-state index in [1.54, 1.807) is 0 Å². The Morgan fingerprint density at radius 3 is 2.29 bits per heavy atom. The Morgan fingerprint density at radius 1 is 1.21 bits per heavy atom. The van der Waals surface area contributed by atoms with Crippen molar-refractivity contribution in [2.24, 2.45) is 0 Å². The first kappa shape index (κ1) is 11.2. The second kappa shape index (κ2) is 4.59. The highest BCUT2D eigenvalue weighted by Crippen LogP contribution is 2.23. The molecule has 1 atom stereocenters. The molecule has 0 radical (unpaired) electrons. The van der Waals surface area contributed by atoms with Crippen LogP contribution in [-0.4, -0.2) is 4.98 Å². The van der Waals surface area contributed by atoms with Crippen LogP contribution in [-0.2, 0) is 0 Å². The molecule has 0 spiro atoms. The SMILES string of the molecule is CCC(C)c1ccc(C(C)C)nc1C. The van der Waals surface area contributed by atoms with Crippen LogP contribution in [0.5, 0.6) is 0 Å². The van der Waals surface area contributed by atoms with Crippen molar-refractivity contribution in [1.29, 1.82) is 0 Å². The summed E-state index contributed by atoms with van der Waals surface area (Å²) in [6, 6.07) is 4.41. The molecule has 1 rings (SSSR count). The lowest BCUT2D eigenvalue weighted by Crippen LogP contribution is -2.01. The quantitative estimate of drug-likeness (QED) is 0.703. The van der Waals surface area contributed by atoms with Gasteiger partial charge in [0, 0.05) is 11.4 Å². The highest BCUT2D eigenvalue weighted by atomic mass is 14.7. The Hall–Kier alpha value is -0.850. The van der Waals surface area contributed by atoms with Gasteiger partial charge in [-0.1, -0.05) is 33.8 Å². The lowest BCUT2D eigenvalue weighted by atomic mass is 9.96. The summed E-state index contributed by atoms with van der Waals surface area (Å²) in [7, 11) is 0. The zero-order chi connectivity index (χ0) is 10.7. The van der Waals surface area contributed by atoms with Gasteiger partial charge in [0.15, 0.2) is 0 Å². The van der Waals surface area contributed by atoms with Crippen molar-refractivity contribution in [2.75, 3.05) is 0 Å². The molecule has 0 saturated carbocycles. The van der Waals surface area contributed by atoms with Gasteiger partial charge in [0.1, 0.15) is 0 Å². The molecule has 1 aromatic rings. The van der Waals surface area contributed by atoms with Gasteiger partial charge in [0.25, 0.3) is 0 Å². The summed E-state index contributed by atoms with van der Waals surface area (Å²) in [5.74, 6) is 1.16. The minimum Gasteiger partial charge on any atom is -0.258 e. The summed E-state index contributed by atoms with van der Waals surface area (Å²) < 4.78 is 0. The van der Waals surface area contributed by atoms with Gasteiger partial charge in [-0.3, -0.25) is 4.98 Å². The predicted molar refractivity (Wildman–Crippen MR) is 61.8 cm³/mol. The lowest BCUT2D eigenvalue weighted by Gasteiger charge is -2.14. The van der Waals surface area contributed by atoms with Crippen molar-refractivity contribution < 1.29 is 0 Å². The van der Waals surface area contributed by atoms with E-state index in [4.69, 9.17) is 0 Å². The molecule has 14 heavy (non-hydrogen) atoms. The molecule has 0 aliphatic heterocycles. The molecule has 1 nitrogen and oxygen atoms in total. The summed E-state index contributed by atoms with van der Waals surface area (Å²) in [6.07, 6.45) is 1.18. The third-order valence-corrected chi connectivity index (χ3v) is 2.88. The lowest BCUT2D eigenvalue weighted by molar-refractivity contribution is 0.714. The van der Waals surface area contributed by atoms with Crippen LogP contribution in [0.3, 0.4) is 0 Å². The molecule has 1 heteroatoms. The summed E-state index contributed by atoms with van der Waals surface area (Å²) in [5, 5.41) is 0. The van der Waals surface area contributed by atoms with Crippen molar-refractivity contribution in [3.63, 3.8) is 0 Å². The van der Waals surface area contributed by atoms with Crippen molar-refractivity contribution in [3.8, 4) is 0 Å². The summed E-state index contributed by atoms with van der Waals surface area (Å²) in [6.45, 7) is 11.0. The standard InChI is InChI=1S/C13H21N/c1-6-10(4)12-7-8-13(9(2)3)14-11(12)5/h7-10H,6H2,1-5H3. The molecular weight excluding hydrogens is 170 g/mol. The van der Waals surface area contributed by atoms with Crippen molar-refractivity contribution in [3.05, 3.63) is 29.1 Å². The predicted octanol–water partition coefficient (Wildman–Crippen LogP) is 4.03. The number of aryl methyl sites for hydroxylation is 1. The third kappa shape index (κ3) is 2.34. The van der Waals surface area contributed by atoms with Gasteiger partial charge in [-0.15, -0.1) is 0 Å². The fourth-order valence-electron chi connectivity index (χ4n) is 1.65. The maximum Gasteiger partial charge on any atom is 0.0432 e. The maximum atomic E-state index is 4.64. The van der Waals surface area contributed by atoms with Crippen LogP contribution in [0.25, 0.3) is 0 Å².